The van der Waals surface area contributed by atoms with Crippen molar-refractivity contribution in [2.24, 2.45) is 17.8 Å². The molecule has 0 aliphatic heterocycles. The number of aliphatic carboxylic acids is 1. The third-order valence-electron chi connectivity index (χ3n) is 9.71. The lowest BCUT2D eigenvalue weighted by Gasteiger charge is -2.40. The summed E-state index contributed by atoms with van der Waals surface area (Å²) in [5, 5.41) is 19.5. The summed E-state index contributed by atoms with van der Waals surface area (Å²) < 4.78 is 16.7. The first kappa shape index (κ1) is 26.1. The first-order chi connectivity index (χ1) is 18.7. The van der Waals surface area contributed by atoms with Crippen LogP contribution in [0.4, 0.5) is 4.39 Å². The number of nitrogens with one attached hydrogen (secondary N) is 1. The molecule has 2 saturated carbocycles. The molecule has 0 amide bonds. The van der Waals surface area contributed by atoms with E-state index < -0.39 is 5.97 Å². The van der Waals surface area contributed by atoms with Crippen LogP contribution in [-0.2, 0) is 4.79 Å². The van der Waals surface area contributed by atoms with E-state index in [0.717, 1.165) is 48.0 Å². The summed E-state index contributed by atoms with van der Waals surface area (Å²) >= 11 is 0. The van der Waals surface area contributed by atoms with E-state index in [-0.39, 0.29) is 11.7 Å². The highest BCUT2D eigenvalue weighted by Gasteiger charge is 2.39. The number of aromatic amines is 1. The lowest BCUT2D eigenvalue weighted by Crippen LogP contribution is -2.35. The molecule has 4 aromatic rings. The van der Waals surface area contributed by atoms with Crippen LogP contribution in [0.2, 0.25) is 0 Å². The molecule has 6 rings (SSSR count). The molecule has 2 aromatic carbocycles. The number of carbonyl (C=O) groups is 1. The standard InChI is InChI=1S/C33H40FN3O2/c1-18(2)32-31(22-9-5-7-21(8-6-10-22)23-14-24(15-23)33(38)39)27-16-29-26(20(4)35-36-29)17-30(27)37(32)25-11-12-28(34)19(3)13-25/h11-13,16-18,21-24H,5-10,14-15H2,1-4H3,(H,35,36)(H,38,39). The molecule has 6 heteroatoms. The summed E-state index contributed by atoms with van der Waals surface area (Å²) in [6.45, 7) is 8.45. The van der Waals surface area contributed by atoms with Crippen molar-refractivity contribution >= 4 is 27.8 Å². The first-order valence-corrected chi connectivity index (χ1v) is 14.7. The van der Waals surface area contributed by atoms with Crippen LogP contribution in [0.15, 0.2) is 30.3 Å². The molecule has 39 heavy (non-hydrogen) atoms. The lowest BCUT2D eigenvalue weighted by molar-refractivity contribution is -0.147. The average molecular weight is 530 g/mol. The summed E-state index contributed by atoms with van der Waals surface area (Å²) in [6, 6.07) is 10.0. The third-order valence-corrected chi connectivity index (χ3v) is 9.71. The molecule has 2 N–H and O–H groups in total. The van der Waals surface area contributed by atoms with E-state index in [1.165, 1.54) is 47.8 Å². The van der Waals surface area contributed by atoms with E-state index in [4.69, 9.17) is 0 Å². The zero-order valence-electron chi connectivity index (χ0n) is 23.6. The predicted octanol–water partition coefficient (Wildman–Crippen LogP) is 8.55. The van der Waals surface area contributed by atoms with Gasteiger partial charge in [-0.2, -0.15) is 5.10 Å². The molecule has 0 unspecified atom stereocenters. The second-order valence-corrected chi connectivity index (χ2v) is 12.5. The summed E-state index contributed by atoms with van der Waals surface area (Å²) in [6.07, 6.45) is 8.76. The topological polar surface area (TPSA) is 70.9 Å². The van der Waals surface area contributed by atoms with Gasteiger partial charge >= 0.3 is 5.97 Å². The Hall–Kier alpha value is -3.15. The molecular weight excluding hydrogens is 489 g/mol. The monoisotopic (exact) mass is 529 g/mol. The molecule has 0 saturated heterocycles. The average Bonchev–Trinajstić information content (AvgIpc) is 3.37. The van der Waals surface area contributed by atoms with Gasteiger partial charge in [0, 0.05) is 27.8 Å². The fourth-order valence-corrected chi connectivity index (χ4v) is 7.56. The summed E-state index contributed by atoms with van der Waals surface area (Å²) in [5.74, 6) is 1.10. The van der Waals surface area contributed by atoms with E-state index in [0.29, 0.717) is 29.2 Å². The highest BCUT2D eigenvalue weighted by Crippen LogP contribution is 2.48. The smallest absolute Gasteiger partial charge is 0.306 e. The van der Waals surface area contributed by atoms with Gasteiger partial charge in [-0.3, -0.25) is 9.89 Å². The number of fused-ring (bicyclic) bond motifs is 2. The number of hydrogen-bond donors (Lipinski definition) is 2. The van der Waals surface area contributed by atoms with E-state index in [2.05, 4.69) is 47.7 Å². The minimum absolute atomic E-state index is 0.120. The largest absolute Gasteiger partial charge is 0.481 e. The zero-order chi connectivity index (χ0) is 27.4. The van der Waals surface area contributed by atoms with Crippen molar-refractivity contribution in [2.75, 3.05) is 0 Å². The Bertz CT molecular complexity index is 1530. The fraction of sp³-hybridized carbons (Fsp3) is 0.515. The van der Waals surface area contributed by atoms with Gasteiger partial charge in [0.05, 0.1) is 17.0 Å². The molecule has 0 radical (unpaired) electrons. The molecule has 2 aromatic heterocycles. The van der Waals surface area contributed by atoms with Gasteiger partial charge in [-0.05, 0) is 105 Å². The predicted molar refractivity (Wildman–Crippen MR) is 154 cm³/mol. The zero-order valence-corrected chi connectivity index (χ0v) is 23.6. The van der Waals surface area contributed by atoms with E-state index in [1.54, 1.807) is 6.07 Å². The Labute approximate surface area is 229 Å². The van der Waals surface area contributed by atoms with Crippen LogP contribution in [0.5, 0.6) is 0 Å². The summed E-state index contributed by atoms with van der Waals surface area (Å²) in [7, 11) is 0. The molecule has 2 heterocycles. The van der Waals surface area contributed by atoms with Crippen molar-refractivity contribution in [1.29, 1.82) is 0 Å². The van der Waals surface area contributed by atoms with E-state index in [1.807, 2.05) is 19.1 Å². The molecule has 0 atom stereocenters. The lowest BCUT2D eigenvalue weighted by atomic mass is 9.65. The minimum Gasteiger partial charge on any atom is -0.481 e. The maximum absolute atomic E-state index is 14.3. The Kier molecular flexibility index (Phi) is 6.76. The molecular formula is C33H40FN3O2. The van der Waals surface area contributed by atoms with Crippen LogP contribution in [0.3, 0.4) is 0 Å². The van der Waals surface area contributed by atoms with Crippen molar-refractivity contribution in [1.82, 2.24) is 14.8 Å². The van der Waals surface area contributed by atoms with Crippen molar-refractivity contribution in [2.45, 2.75) is 90.9 Å². The number of hydrogen-bond acceptors (Lipinski definition) is 2. The van der Waals surface area contributed by atoms with Crippen LogP contribution in [-0.4, -0.2) is 25.8 Å². The van der Waals surface area contributed by atoms with E-state index >= 15 is 0 Å². The van der Waals surface area contributed by atoms with Crippen molar-refractivity contribution in [3.63, 3.8) is 0 Å². The van der Waals surface area contributed by atoms with Crippen LogP contribution in [0.1, 0.15) is 99.6 Å². The van der Waals surface area contributed by atoms with Crippen molar-refractivity contribution in [3.8, 4) is 5.69 Å². The highest BCUT2D eigenvalue weighted by atomic mass is 19.1. The number of aromatic nitrogens is 3. The maximum atomic E-state index is 14.3. The van der Waals surface area contributed by atoms with Gasteiger partial charge in [0.15, 0.2) is 0 Å². The number of carboxylic acids is 1. The Morgan fingerprint density at radius 3 is 2.38 bits per heavy atom. The third kappa shape index (κ3) is 4.56. The second kappa shape index (κ2) is 10.1. The molecule has 2 fully saturated rings. The second-order valence-electron chi connectivity index (χ2n) is 12.5. The number of halogens is 1. The molecule has 5 nitrogen and oxygen atoms in total. The quantitative estimate of drug-likeness (QED) is 0.272. The van der Waals surface area contributed by atoms with Gasteiger partial charge in [0.2, 0.25) is 0 Å². The van der Waals surface area contributed by atoms with Crippen molar-refractivity contribution < 1.29 is 14.3 Å². The fourth-order valence-electron chi connectivity index (χ4n) is 7.56. The normalized spacial score (nSPS) is 24.2. The molecule has 2 aliphatic carbocycles. The number of nitrogens with zero attached hydrogens (tertiary/aromatic N) is 2. The number of carboxylic acid groups (broad SMARTS) is 1. The van der Waals surface area contributed by atoms with E-state index in [9.17, 15) is 14.3 Å². The Balaban J connectivity index is 1.41. The van der Waals surface area contributed by atoms with Crippen molar-refractivity contribution in [3.05, 3.63) is 58.7 Å². The summed E-state index contributed by atoms with van der Waals surface area (Å²) in [5.41, 5.74) is 7.66. The SMILES string of the molecule is Cc1cc(-n2c(C(C)C)c(C3CCCC(C4CC(C(=O)O)C4)CCC3)c3cc4n[nH]c(C)c4cc32)ccc1F. The van der Waals surface area contributed by atoms with Gasteiger partial charge in [0.25, 0.3) is 0 Å². The summed E-state index contributed by atoms with van der Waals surface area (Å²) in [4.78, 5) is 11.3. The van der Waals surface area contributed by atoms with Crippen LogP contribution in [0.25, 0.3) is 27.5 Å². The molecule has 2 aliphatic rings. The maximum Gasteiger partial charge on any atom is 0.306 e. The Morgan fingerprint density at radius 2 is 1.74 bits per heavy atom. The number of H-pyrrole nitrogens is 1. The van der Waals surface area contributed by atoms with Crippen LogP contribution in [0, 0.1) is 37.4 Å². The van der Waals surface area contributed by atoms with Gasteiger partial charge < -0.3 is 9.67 Å². The van der Waals surface area contributed by atoms with Crippen LogP contribution < -0.4 is 0 Å². The molecule has 0 spiro atoms. The Morgan fingerprint density at radius 1 is 1.03 bits per heavy atom. The van der Waals surface area contributed by atoms with Gasteiger partial charge in [-0.15, -0.1) is 0 Å². The highest BCUT2D eigenvalue weighted by molar-refractivity contribution is 6.00. The molecule has 206 valence electrons. The molecule has 0 bridgehead atoms. The number of aryl methyl sites for hydroxylation is 2. The minimum atomic E-state index is -0.618. The number of benzene rings is 2. The number of rotatable bonds is 5. The van der Waals surface area contributed by atoms with Crippen LogP contribution >= 0.6 is 0 Å². The first-order valence-electron chi connectivity index (χ1n) is 14.7. The van der Waals surface area contributed by atoms with Gasteiger partial charge in [-0.25, -0.2) is 4.39 Å². The van der Waals surface area contributed by atoms with Gasteiger partial charge in [-0.1, -0.05) is 39.5 Å². The van der Waals surface area contributed by atoms with Gasteiger partial charge in [0.1, 0.15) is 5.82 Å².